The van der Waals surface area contributed by atoms with Crippen molar-refractivity contribution in [2.24, 2.45) is 0 Å². The number of benzene rings is 1. The molecule has 3 nitrogen and oxygen atoms in total. The summed E-state index contributed by atoms with van der Waals surface area (Å²) < 4.78 is 4.60. The van der Waals surface area contributed by atoms with Crippen molar-refractivity contribution in [1.82, 2.24) is 0 Å². The van der Waals surface area contributed by atoms with E-state index in [0.717, 1.165) is 11.1 Å². The molecule has 1 aromatic carbocycles. The van der Waals surface area contributed by atoms with Gasteiger partial charge < -0.3 is 4.74 Å². The first kappa shape index (κ1) is 10.3. The Labute approximate surface area is 82.9 Å². The van der Waals surface area contributed by atoms with Gasteiger partial charge >= 0.3 is 5.97 Å². The minimum Gasteiger partial charge on any atom is -0.465 e. The number of hydrogen-bond donors (Lipinski definition) is 0. The molecule has 0 aliphatic rings. The highest BCUT2D eigenvalue weighted by Gasteiger charge is 2.13. The summed E-state index contributed by atoms with van der Waals surface area (Å²) in [4.78, 5) is 11.3. The lowest BCUT2D eigenvalue weighted by atomic mass is 10.00. The molecule has 0 saturated heterocycles. The summed E-state index contributed by atoms with van der Waals surface area (Å²) in [6.07, 6.45) is 0. The van der Waals surface area contributed by atoms with Crippen molar-refractivity contribution in [3.8, 4) is 6.07 Å². The summed E-state index contributed by atoms with van der Waals surface area (Å²) in [6, 6.07) is 5.54. The first-order chi connectivity index (χ1) is 6.60. The number of methoxy groups -OCH3 is 1. The fraction of sp³-hybridized carbons (Fsp3) is 0.273. The van der Waals surface area contributed by atoms with E-state index in [-0.39, 0.29) is 0 Å². The van der Waals surface area contributed by atoms with Crippen LogP contribution in [-0.4, -0.2) is 13.1 Å². The number of nitrogens with zero attached hydrogens (tertiary/aromatic N) is 1. The highest BCUT2D eigenvalue weighted by atomic mass is 16.5. The third-order valence-corrected chi connectivity index (χ3v) is 2.00. The molecule has 0 heterocycles. The molecule has 72 valence electrons. The number of carbonyl (C=O) groups is 1. The molecule has 0 unspecified atom stereocenters. The molecule has 0 radical (unpaired) electrons. The third kappa shape index (κ3) is 1.74. The maximum absolute atomic E-state index is 11.3. The standard InChI is InChI=1S/C11H11NO2/c1-7-4-8(2)10(6-12)9(5-7)11(13)14-3/h4-5H,1-3H3. The third-order valence-electron chi connectivity index (χ3n) is 2.00. The van der Waals surface area contributed by atoms with Crippen LogP contribution in [0.5, 0.6) is 0 Å². The van der Waals surface area contributed by atoms with Crippen molar-refractivity contribution in [3.63, 3.8) is 0 Å². The van der Waals surface area contributed by atoms with Crippen LogP contribution < -0.4 is 0 Å². The molecule has 0 N–H and O–H groups in total. The molecular weight excluding hydrogens is 178 g/mol. The second-order valence-corrected chi connectivity index (χ2v) is 3.11. The van der Waals surface area contributed by atoms with Crippen LogP contribution in [-0.2, 0) is 4.74 Å². The van der Waals surface area contributed by atoms with E-state index in [1.165, 1.54) is 7.11 Å². The Bertz CT molecular complexity index is 416. The highest BCUT2D eigenvalue weighted by Crippen LogP contribution is 2.16. The van der Waals surface area contributed by atoms with Gasteiger partial charge in [0.25, 0.3) is 0 Å². The molecule has 0 bridgehead atoms. The predicted octanol–water partition coefficient (Wildman–Crippen LogP) is 1.96. The number of aryl methyl sites for hydroxylation is 2. The number of esters is 1. The summed E-state index contributed by atoms with van der Waals surface area (Å²) in [6.45, 7) is 3.68. The van der Waals surface area contributed by atoms with Gasteiger partial charge in [0, 0.05) is 0 Å². The van der Waals surface area contributed by atoms with Crippen molar-refractivity contribution in [2.45, 2.75) is 13.8 Å². The molecule has 1 aromatic rings. The molecule has 0 fully saturated rings. The first-order valence-electron chi connectivity index (χ1n) is 4.19. The summed E-state index contributed by atoms with van der Waals surface area (Å²) in [5.74, 6) is -0.464. The van der Waals surface area contributed by atoms with Crippen LogP contribution in [0.2, 0.25) is 0 Å². The Morgan fingerprint density at radius 1 is 1.43 bits per heavy atom. The Kier molecular flexibility index (Phi) is 2.88. The quantitative estimate of drug-likeness (QED) is 0.634. The molecule has 0 aromatic heterocycles. The number of hydrogen-bond acceptors (Lipinski definition) is 3. The molecule has 0 aliphatic carbocycles. The van der Waals surface area contributed by atoms with Crippen LogP contribution in [0.1, 0.15) is 27.0 Å². The van der Waals surface area contributed by atoms with Crippen molar-refractivity contribution in [3.05, 3.63) is 34.4 Å². The lowest BCUT2D eigenvalue weighted by Crippen LogP contribution is -2.06. The molecule has 1 rings (SSSR count). The summed E-state index contributed by atoms with van der Waals surface area (Å²) in [7, 11) is 1.31. The van der Waals surface area contributed by atoms with Crippen LogP contribution in [0.4, 0.5) is 0 Å². The van der Waals surface area contributed by atoms with Crippen LogP contribution >= 0.6 is 0 Å². The Hall–Kier alpha value is -1.82. The minimum atomic E-state index is -0.464. The normalized spacial score (nSPS) is 9.29. The van der Waals surface area contributed by atoms with Crippen LogP contribution in [0, 0.1) is 25.2 Å². The topological polar surface area (TPSA) is 50.1 Å². The lowest BCUT2D eigenvalue weighted by molar-refractivity contribution is 0.0600. The molecule has 0 saturated carbocycles. The minimum absolute atomic E-state index is 0.340. The van der Waals surface area contributed by atoms with Crippen LogP contribution in [0.15, 0.2) is 12.1 Å². The smallest absolute Gasteiger partial charge is 0.339 e. The van der Waals surface area contributed by atoms with E-state index in [4.69, 9.17) is 5.26 Å². The van der Waals surface area contributed by atoms with Gasteiger partial charge in [-0.3, -0.25) is 0 Å². The Morgan fingerprint density at radius 3 is 2.57 bits per heavy atom. The molecule has 14 heavy (non-hydrogen) atoms. The first-order valence-corrected chi connectivity index (χ1v) is 4.19. The zero-order chi connectivity index (χ0) is 10.7. The fourth-order valence-corrected chi connectivity index (χ4v) is 1.39. The molecule has 0 atom stereocenters. The molecule has 0 amide bonds. The number of ether oxygens (including phenoxy) is 1. The van der Waals surface area contributed by atoms with E-state index in [0.29, 0.717) is 11.1 Å². The van der Waals surface area contributed by atoms with E-state index in [9.17, 15) is 4.79 Å². The van der Waals surface area contributed by atoms with E-state index >= 15 is 0 Å². The van der Waals surface area contributed by atoms with Crippen molar-refractivity contribution in [1.29, 1.82) is 5.26 Å². The zero-order valence-corrected chi connectivity index (χ0v) is 8.42. The zero-order valence-electron chi connectivity index (χ0n) is 8.42. The number of rotatable bonds is 1. The fourth-order valence-electron chi connectivity index (χ4n) is 1.39. The van der Waals surface area contributed by atoms with Crippen molar-refractivity contribution < 1.29 is 9.53 Å². The Balaban J connectivity index is 3.41. The molecular formula is C11H11NO2. The number of carbonyl (C=O) groups excluding carboxylic acids is 1. The van der Waals surface area contributed by atoms with Gasteiger partial charge in [-0.2, -0.15) is 5.26 Å². The van der Waals surface area contributed by atoms with Gasteiger partial charge in [-0.25, -0.2) is 4.79 Å². The van der Waals surface area contributed by atoms with Gasteiger partial charge in [-0.15, -0.1) is 0 Å². The average molecular weight is 189 g/mol. The van der Waals surface area contributed by atoms with E-state index in [2.05, 4.69) is 4.74 Å². The van der Waals surface area contributed by atoms with Crippen molar-refractivity contribution in [2.75, 3.05) is 7.11 Å². The summed E-state index contributed by atoms with van der Waals surface area (Å²) >= 11 is 0. The second kappa shape index (κ2) is 3.93. The van der Waals surface area contributed by atoms with Gasteiger partial charge in [0.05, 0.1) is 18.2 Å². The summed E-state index contributed by atoms with van der Waals surface area (Å²) in [5, 5.41) is 8.88. The van der Waals surface area contributed by atoms with Crippen LogP contribution in [0.25, 0.3) is 0 Å². The van der Waals surface area contributed by atoms with Gasteiger partial charge in [0.2, 0.25) is 0 Å². The van der Waals surface area contributed by atoms with Gasteiger partial charge in [-0.1, -0.05) is 6.07 Å². The van der Waals surface area contributed by atoms with Gasteiger partial charge in [0.15, 0.2) is 0 Å². The maximum Gasteiger partial charge on any atom is 0.339 e. The van der Waals surface area contributed by atoms with E-state index in [1.54, 1.807) is 13.0 Å². The predicted molar refractivity (Wildman–Crippen MR) is 52.0 cm³/mol. The molecule has 0 spiro atoms. The van der Waals surface area contributed by atoms with E-state index < -0.39 is 5.97 Å². The van der Waals surface area contributed by atoms with Crippen molar-refractivity contribution >= 4 is 5.97 Å². The average Bonchev–Trinajstić information content (AvgIpc) is 2.15. The van der Waals surface area contributed by atoms with Gasteiger partial charge in [-0.05, 0) is 31.0 Å². The Morgan fingerprint density at radius 2 is 2.07 bits per heavy atom. The highest BCUT2D eigenvalue weighted by molar-refractivity contribution is 5.92. The monoisotopic (exact) mass is 189 g/mol. The molecule has 3 heteroatoms. The second-order valence-electron chi connectivity index (χ2n) is 3.11. The van der Waals surface area contributed by atoms with Gasteiger partial charge in [0.1, 0.15) is 6.07 Å². The summed E-state index contributed by atoms with van der Waals surface area (Å²) in [5.41, 5.74) is 2.48. The largest absolute Gasteiger partial charge is 0.465 e. The lowest BCUT2D eigenvalue weighted by Gasteiger charge is -2.06. The molecule has 0 aliphatic heterocycles. The number of nitriles is 1. The van der Waals surface area contributed by atoms with Crippen LogP contribution in [0.3, 0.4) is 0 Å². The SMILES string of the molecule is COC(=O)c1cc(C)cc(C)c1C#N. The maximum atomic E-state index is 11.3. The van der Waals surface area contributed by atoms with E-state index in [1.807, 2.05) is 19.1 Å².